The lowest BCUT2D eigenvalue weighted by Crippen LogP contribution is -2.13. The second-order valence-electron chi connectivity index (χ2n) is 3.82. The summed E-state index contributed by atoms with van der Waals surface area (Å²) in [5.74, 6) is 1.66. The van der Waals surface area contributed by atoms with E-state index in [2.05, 4.69) is 28.6 Å². The highest BCUT2D eigenvalue weighted by Crippen LogP contribution is 2.06. The molecular formula is C10H20N4. The van der Waals surface area contributed by atoms with Crippen molar-refractivity contribution in [2.24, 2.45) is 11.7 Å². The second kappa shape index (κ2) is 5.75. The quantitative estimate of drug-likeness (QED) is 0.744. The van der Waals surface area contributed by atoms with E-state index in [1.165, 1.54) is 0 Å². The fraction of sp³-hybridized carbons (Fsp3) is 0.800. The molecule has 80 valence electrons. The molecule has 4 heteroatoms. The highest BCUT2D eigenvalue weighted by atomic mass is 15.3. The van der Waals surface area contributed by atoms with Crippen molar-refractivity contribution in [3.8, 4) is 0 Å². The maximum Gasteiger partial charge on any atom is 0.132 e. The number of rotatable bonds is 6. The van der Waals surface area contributed by atoms with Crippen molar-refractivity contribution in [3.05, 3.63) is 12.2 Å². The number of aryl methyl sites for hydroxylation is 2. The molecule has 14 heavy (non-hydrogen) atoms. The molecule has 0 fully saturated rings. The first-order valence-corrected chi connectivity index (χ1v) is 5.34. The van der Waals surface area contributed by atoms with Gasteiger partial charge in [0, 0.05) is 13.0 Å². The third-order valence-corrected chi connectivity index (χ3v) is 2.42. The van der Waals surface area contributed by atoms with Gasteiger partial charge in [0.05, 0.1) is 0 Å². The molecule has 0 aliphatic heterocycles. The Bertz CT molecular complexity index is 256. The molecule has 0 amide bonds. The van der Waals surface area contributed by atoms with Crippen molar-refractivity contribution in [3.63, 3.8) is 0 Å². The predicted octanol–water partition coefficient (Wildman–Crippen LogP) is 1.22. The van der Waals surface area contributed by atoms with Gasteiger partial charge in [0.25, 0.3) is 0 Å². The molecule has 4 nitrogen and oxygen atoms in total. The standard InChI is InChI=1S/C10H20N4/c1-3-6-14-8-12-13-10(14)5-4-9(2)7-11/h8-9H,3-7,11H2,1-2H3. The Hall–Kier alpha value is -0.900. The Labute approximate surface area is 85.5 Å². The molecule has 1 atom stereocenters. The lowest BCUT2D eigenvalue weighted by Gasteiger charge is -2.08. The van der Waals surface area contributed by atoms with Gasteiger partial charge >= 0.3 is 0 Å². The van der Waals surface area contributed by atoms with E-state index in [0.29, 0.717) is 5.92 Å². The Balaban J connectivity index is 2.45. The molecule has 0 aliphatic rings. The van der Waals surface area contributed by atoms with Crippen LogP contribution in [-0.4, -0.2) is 21.3 Å². The van der Waals surface area contributed by atoms with Crippen LogP contribution >= 0.6 is 0 Å². The van der Waals surface area contributed by atoms with Gasteiger partial charge in [0.2, 0.25) is 0 Å². The van der Waals surface area contributed by atoms with E-state index >= 15 is 0 Å². The summed E-state index contributed by atoms with van der Waals surface area (Å²) in [6.45, 7) is 6.09. The van der Waals surface area contributed by atoms with Gasteiger partial charge in [-0.3, -0.25) is 0 Å². The van der Waals surface area contributed by atoms with Crippen LogP contribution in [0, 0.1) is 5.92 Å². The molecule has 1 aromatic rings. The smallest absolute Gasteiger partial charge is 0.132 e. The van der Waals surface area contributed by atoms with Gasteiger partial charge in [-0.2, -0.15) is 0 Å². The maximum absolute atomic E-state index is 5.57. The van der Waals surface area contributed by atoms with Crippen LogP contribution in [0.2, 0.25) is 0 Å². The molecule has 1 heterocycles. The van der Waals surface area contributed by atoms with Gasteiger partial charge in [-0.25, -0.2) is 0 Å². The van der Waals surface area contributed by atoms with E-state index in [9.17, 15) is 0 Å². The normalized spacial score (nSPS) is 13.1. The Morgan fingerprint density at radius 1 is 1.57 bits per heavy atom. The summed E-state index contributed by atoms with van der Waals surface area (Å²) in [4.78, 5) is 0. The van der Waals surface area contributed by atoms with Crippen LogP contribution in [0.5, 0.6) is 0 Å². The van der Waals surface area contributed by atoms with E-state index in [1.54, 1.807) is 0 Å². The highest BCUT2D eigenvalue weighted by Gasteiger charge is 2.05. The number of hydrogen-bond donors (Lipinski definition) is 1. The van der Waals surface area contributed by atoms with Crippen LogP contribution in [0.25, 0.3) is 0 Å². The first-order valence-electron chi connectivity index (χ1n) is 5.34. The summed E-state index contributed by atoms with van der Waals surface area (Å²) in [5, 5.41) is 8.04. The van der Waals surface area contributed by atoms with Gasteiger partial charge in [0.1, 0.15) is 12.2 Å². The molecule has 1 aromatic heterocycles. The molecule has 0 radical (unpaired) electrons. The zero-order valence-electron chi connectivity index (χ0n) is 9.11. The fourth-order valence-electron chi connectivity index (χ4n) is 1.39. The fourth-order valence-corrected chi connectivity index (χ4v) is 1.39. The van der Waals surface area contributed by atoms with E-state index in [4.69, 9.17) is 5.73 Å². The van der Waals surface area contributed by atoms with Crippen molar-refractivity contribution in [2.75, 3.05) is 6.54 Å². The van der Waals surface area contributed by atoms with E-state index < -0.39 is 0 Å². The summed E-state index contributed by atoms with van der Waals surface area (Å²) in [6, 6.07) is 0. The van der Waals surface area contributed by atoms with E-state index in [0.717, 1.165) is 38.2 Å². The van der Waals surface area contributed by atoms with E-state index in [1.807, 2.05) is 6.33 Å². The maximum atomic E-state index is 5.57. The van der Waals surface area contributed by atoms with Gasteiger partial charge in [0.15, 0.2) is 0 Å². The molecule has 0 aromatic carbocycles. The molecule has 0 saturated carbocycles. The monoisotopic (exact) mass is 196 g/mol. The Morgan fingerprint density at radius 2 is 2.36 bits per heavy atom. The molecule has 0 spiro atoms. The minimum atomic E-state index is 0.571. The van der Waals surface area contributed by atoms with Gasteiger partial charge in [-0.15, -0.1) is 10.2 Å². The van der Waals surface area contributed by atoms with Crippen LogP contribution in [0.3, 0.4) is 0 Å². The van der Waals surface area contributed by atoms with Crippen LogP contribution in [0.1, 0.15) is 32.5 Å². The number of aromatic nitrogens is 3. The van der Waals surface area contributed by atoms with Crippen molar-refractivity contribution in [2.45, 2.75) is 39.7 Å². The van der Waals surface area contributed by atoms with Crippen molar-refractivity contribution >= 4 is 0 Å². The lowest BCUT2D eigenvalue weighted by atomic mass is 10.1. The minimum Gasteiger partial charge on any atom is -0.330 e. The van der Waals surface area contributed by atoms with Gasteiger partial charge < -0.3 is 10.3 Å². The molecule has 2 N–H and O–H groups in total. The van der Waals surface area contributed by atoms with Crippen LogP contribution in [-0.2, 0) is 13.0 Å². The number of nitrogens with two attached hydrogens (primary N) is 1. The number of nitrogens with zero attached hydrogens (tertiary/aromatic N) is 3. The molecule has 1 unspecified atom stereocenters. The average molecular weight is 196 g/mol. The third-order valence-electron chi connectivity index (χ3n) is 2.42. The predicted molar refractivity (Wildman–Crippen MR) is 56.9 cm³/mol. The zero-order valence-corrected chi connectivity index (χ0v) is 9.11. The summed E-state index contributed by atoms with van der Waals surface area (Å²) in [6.07, 6.45) is 5.01. The van der Waals surface area contributed by atoms with Gasteiger partial charge in [-0.1, -0.05) is 13.8 Å². The molecular weight excluding hydrogens is 176 g/mol. The summed E-state index contributed by atoms with van der Waals surface area (Å²) in [5.41, 5.74) is 5.57. The van der Waals surface area contributed by atoms with Crippen molar-refractivity contribution in [1.82, 2.24) is 14.8 Å². The highest BCUT2D eigenvalue weighted by molar-refractivity contribution is 4.86. The van der Waals surface area contributed by atoms with Crippen molar-refractivity contribution < 1.29 is 0 Å². The molecule has 0 saturated heterocycles. The summed E-state index contributed by atoms with van der Waals surface area (Å²) >= 11 is 0. The van der Waals surface area contributed by atoms with Gasteiger partial charge in [-0.05, 0) is 25.3 Å². The molecule has 0 bridgehead atoms. The minimum absolute atomic E-state index is 0.571. The van der Waals surface area contributed by atoms with E-state index in [-0.39, 0.29) is 0 Å². The largest absolute Gasteiger partial charge is 0.330 e. The lowest BCUT2D eigenvalue weighted by molar-refractivity contribution is 0.520. The number of hydrogen-bond acceptors (Lipinski definition) is 3. The summed E-state index contributed by atoms with van der Waals surface area (Å²) in [7, 11) is 0. The average Bonchev–Trinajstić information content (AvgIpc) is 2.62. The Morgan fingerprint density at radius 3 is 3.00 bits per heavy atom. The second-order valence-corrected chi connectivity index (χ2v) is 3.82. The first kappa shape index (κ1) is 11.2. The van der Waals surface area contributed by atoms with Crippen molar-refractivity contribution in [1.29, 1.82) is 0 Å². The topological polar surface area (TPSA) is 56.7 Å². The van der Waals surface area contributed by atoms with Crippen LogP contribution in [0.4, 0.5) is 0 Å². The molecule has 1 rings (SSSR count). The van der Waals surface area contributed by atoms with Crippen LogP contribution in [0.15, 0.2) is 6.33 Å². The van der Waals surface area contributed by atoms with Crippen LogP contribution < -0.4 is 5.73 Å². The zero-order chi connectivity index (χ0) is 10.4. The third kappa shape index (κ3) is 3.10. The SMILES string of the molecule is CCCn1cnnc1CCC(C)CN. The Kier molecular flexibility index (Phi) is 4.59. The molecule has 0 aliphatic carbocycles. The summed E-state index contributed by atoms with van der Waals surface area (Å²) < 4.78 is 2.13. The first-order chi connectivity index (χ1) is 6.77.